The number of pyridine rings is 1. The highest BCUT2D eigenvalue weighted by Gasteiger charge is 2.38. The van der Waals surface area contributed by atoms with Crippen molar-refractivity contribution in [2.45, 2.75) is 66.4 Å². The Balaban J connectivity index is 2.66. The number of rotatable bonds is 3. The van der Waals surface area contributed by atoms with Crippen LogP contribution in [0, 0.1) is 12.3 Å². The number of aromatic nitrogens is 1. The van der Waals surface area contributed by atoms with E-state index < -0.39 is 0 Å². The van der Waals surface area contributed by atoms with E-state index in [-0.39, 0.29) is 23.4 Å². The maximum atomic E-state index is 12.4. The van der Waals surface area contributed by atoms with E-state index in [1.807, 2.05) is 27.7 Å². The van der Waals surface area contributed by atoms with Gasteiger partial charge in [-0.1, -0.05) is 27.7 Å². The summed E-state index contributed by atoms with van der Waals surface area (Å²) < 4.78 is 5.23. The van der Waals surface area contributed by atoms with Gasteiger partial charge in [0.1, 0.15) is 0 Å². The predicted octanol–water partition coefficient (Wildman–Crippen LogP) is 3.43. The molecule has 1 aliphatic carbocycles. The highest BCUT2D eigenvalue weighted by Crippen LogP contribution is 2.43. The van der Waals surface area contributed by atoms with E-state index in [9.17, 15) is 4.79 Å². The van der Waals surface area contributed by atoms with Gasteiger partial charge in [-0.3, -0.25) is 4.98 Å². The van der Waals surface area contributed by atoms with Gasteiger partial charge in [0.05, 0.1) is 29.1 Å². The maximum Gasteiger partial charge on any atom is 0.340 e. The summed E-state index contributed by atoms with van der Waals surface area (Å²) in [5.41, 5.74) is 4.28. The molecule has 2 N–H and O–H groups in total. The second kappa shape index (κ2) is 5.99. The zero-order valence-corrected chi connectivity index (χ0v) is 14.5. The fourth-order valence-corrected chi connectivity index (χ4v) is 3.46. The van der Waals surface area contributed by atoms with Gasteiger partial charge in [-0.25, -0.2) is 4.79 Å². The summed E-state index contributed by atoms with van der Waals surface area (Å²) in [6.45, 7) is 12.6. The fraction of sp³-hybridized carbons (Fsp3) is 0.667. The summed E-state index contributed by atoms with van der Waals surface area (Å²) in [4.78, 5) is 17.2. The first kappa shape index (κ1) is 16.9. The van der Waals surface area contributed by atoms with Crippen LogP contribution in [0.3, 0.4) is 0 Å². The molecule has 0 spiro atoms. The summed E-state index contributed by atoms with van der Waals surface area (Å²) in [5, 5.41) is 8.48. The molecule has 0 fully saturated rings. The summed E-state index contributed by atoms with van der Waals surface area (Å²) in [7, 11) is 0. The molecule has 122 valence electrons. The number of hydrogen-bond donors (Lipinski definition) is 0. The molecule has 0 saturated carbocycles. The summed E-state index contributed by atoms with van der Waals surface area (Å²) in [6.07, 6.45) is 1.34. The Hall–Kier alpha value is -1.42. The van der Waals surface area contributed by atoms with Crippen LogP contribution in [0.15, 0.2) is 0 Å². The minimum Gasteiger partial charge on any atom is -0.462 e. The van der Waals surface area contributed by atoms with Crippen molar-refractivity contribution in [3.05, 3.63) is 28.1 Å². The van der Waals surface area contributed by atoms with Crippen molar-refractivity contribution in [2.24, 2.45) is 5.41 Å². The molecule has 22 heavy (non-hydrogen) atoms. The van der Waals surface area contributed by atoms with Crippen molar-refractivity contribution >= 4 is 5.97 Å². The maximum absolute atomic E-state index is 12.4. The van der Waals surface area contributed by atoms with Crippen LogP contribution in [-0.2, 0) is 11.2 Å². The van der Waals surface area contributed by atoms with E-state index in [2.05, 4.69) is 13.8 Å². The van der Waals surface area contributed by atoms with Crippen molar-refractivity contribution in [2.75, 3.05) is 6.61 Å². The second-order valence-electron chi connectivity index (χ2n) is 7.33. The Bertz CT molecular complexity index is 590. The molecule has 1 unspecified atom stereocenters. The van der Waals surface area contributed by atoms with Crippen LogP contribution in [0.5, 0.6) is 0 Å². The molecule has 0 saturated heterocycles. The van der Waals surface area contributed by atoms with Crippen LogP contribution in [0.4, 0.5) is 0 Å². The third kappa shape index (κ3) is 3.02. The molecule has 1 aromatic rings. The van der Waals surface area contributed by atoms with Crippen molar-refractivity contribution in [3.8, 4) is 0 Å². The first-order chi connectivity index (χ1) is 10.2. The van der Waals surface area contributed by atoms with Gasteiger partial charge in [0.15, 0.2) is 6.10 Å². The van der Waals surface area contributed by atoms with E-state index in [4.69, 9.17) is 14.8 Å². The van der Waals surface area contributed by atoms with Gasteiger partial charge >= 0.3 is 5.97 Å². The quantitative estimate of drug-likeness (QED) is 0.635. The normalized spacial score (nSPS) is 19.9. The molecule has 1 aliphatic rings. The molecule has 1 heterocycles. The average Bonchev–Trinajstić information content (AvgIpc) is 2.35. The lowest BCUT2D eigenvalue weighted by atomic mass is 9.73. The molecule has 0 bridgehead atoms. The summed E-state index contributed by atoms with van der Waals surface area (Å²) >= 11 is 0. The van der Waals surface area contributed by atoms with E-state index in [0.717, 1.165) is 35.4 Å². The zero-order valence-electron chi connectivity index (χ0n) is 14.5. The number of ether oxygens (including phenoxy) is 1. The highest BCUT2D eigenvalue weighted by atomic mass is 16.5. The number of hydrogen-bond acceptors (Lipinski definition) is 3. The lowest BCUT2D eigenvalue weighted by Gasteiger charge is -2.33. The second-order valence-corrected chi connectivity index (χ2v) is 7.33. The number of carbonyl (C=O) groups is 1. The average molecular weight is 306 g/mol. The monoisotopic (exact) mass is 306 g/mol. The zero-order chi connectivity index (χ0) is 16.7. The van der Waals surface area contributed by atoms with E-state index in [1.54, 1.807) is 0 Å². The van der Waals surface area contributed by atoms with Crippen LogP contribution in [0.1, 0.15) is 85.9 Å². The first-order valence-corrected chi connectivity index (χ1v) is 8.09. The number of esters is 1. The number of fused-ring (bicyclic) bond motifs is 1. The summed E-state index contributed by atoms with van der Waals surface area (Å²) in [5.74, 6) is -0.159. The van der Waals surface area contributed by atoms with Crippen LogP contribution >= 0.6 is 0 Å². The van der Waals surface area contributed by atoms with Gasteiger partial charge in [0.2, 0.25) is 0 Å². The molecule has 0 amide bonds. The molecular weight excluding hydrogens is 278 g/mol. The molecule has 0 radical (unpaired) electrons. The standard InChI is InChI=1S/C18H27NO3/c1-7-22-17(21)15-11(4)14-12(19-16(15)10(2)3)8-18(5,6)9-13(14)20/h10,13,20H,7-9H2,1-6H3/p+1. The summed E-state index contributed by atoms with van der Waals surface area (Å²) in [6, 6.07) is 0. The molecule has 4 heteroatoms. The van der Waals surface area contributed by atoms with Crippen LogP contribution in [0.25, 0.3) is 0 Å². The largest absolute Gasteiger partial charge is 0.462 e. The topological polar surface area (TPSA) is 62.1 Å². The number of nitrogens with zero attached hydrogens (tertiary/aromatic N) is 1. The fourth-order valence-electron chi connectivity index (χ4n) is 3.46. The molecule has 0 aliphatic heterocycles. The lowest BCUT2D eigenvalue weighted by Crippen LogP contribution is -2.29. The van der Waals surface area contributed by atoms with E-state index >= 15 is 0 Å². The Morgan fingerprint density at radius 1 is 1.45 bits per heavy atom. The van der Waals surface area contributed by atoms with Gasteiger partial charge < -0.3 is 9.84 Å². The molecule has 0 aromatic carbocycles. The Morgan fingerprint density at radius 2 is 2.09 bits per heavy atom. The van der Waals surface area contributed by atoms with Crippen LogP contribution < -0.4 is 0 Å². The van der Waals surface area contributed by atoms with Crippen molar-refractivity contribution in [3.63, 3.8) is 0 Å². The van der Waals surface area contributed by atoms with Gasteiger partial charge in [-0.15, -0.1) is 0 Å². The van der Waals surface area contributed by atoms with Gasteiger partial charge in [-0.2, -0.15) is 0 Å². The lowest BCUT2D eigenvalue weighted by molar-refractivity contribution is 0.0521. The van der Waals surface area contributed by atoms with E-state index in [1.165, 1.54) is 0 Å². The van der Waals surface area contributed by atoms with Crippen LogP contribution in [0.2, 0.25) is 0 Å². The molecular formula is C18H28NO3+. The van der Waals surface area contributed by atoms with Crippen molar-refractivity contribution in [1.29, 1.82) is 0 Å². The Kier molecular flexibility index (Phi) is 4.62. The van der Waals surface area contributed by atoms with Gasteiger partial charge in [-0.05, 0) is 37.2 Å². The first-order valence-electron chi connectivity index (χ1n) is 8.09. The Morgan fingerprint density at radius 3 is 2.64 bits per heavy atom. The molecule has 1 aromatic heterocycles. The van der Waals surface area contributed by atoms with Crippen LogP contribution in [-0.4, -0.2) is 22.7 Å². The Labute approximate surface area is 132 Å². The van der Waals surface area contributed by atoms with Crippen molar-refractivity contribution < 1.29 is 14.6 Å². The molecule has 2 rings (SSSR count). The minimum atomic E-state index is -0.319. The molecule has 4 nitrogen and oxygen atoms in total. The van der Waals surface area contributed by atoms with E-state index in [0.29, 0.717) is 12.2 Å². The smallest absolute Gasteiger partial charge is 0.340 e. The SMILES string of the molecule is CCOC(=O)c1c(C(C)C)nc2c(c1C)C([OH2+])CC(C)(C)C2. The number of carbonyl (C=O) groups excluding carboxylic acids is 1. The highest BCUT2D eigenvalue weighted by molar-refractivity contribution is 5.93. The third-order valence-corrected chi connectivity index (χ3v) is 4.38. The van der Waals surface area contributed by atoms with Gasteiger partial charge in [0.25, 0.3) is 0 Å². The van der Waals surface area contributed by atoms with Gasteiger partial charge in [0, 0.05) is 6.42 Å². The van der Waals surface area contributed by atoms with Crippen molar-refractivity contribution in [1.82, 2.24) is 4.98 Å². The molecule has 1 atom stereocenters. The minimum absolute atomic E-state index is 0.0819. The predicted molar refractivity (Wildman–Crippen MR) is 87.5 cm³/mol. The third-order valence-electron chi connectivity index (χ3n) is 4.38.